The molecule has 0 unspecified atom stereocenters. The Kier molecular flexibility index (Phi) is 3.72. The van der Waals surface area contributed by atoms with Gasteiger partial charge in [0.1, 0.15) is 5.82 Å². The molecule has 0 aliphatic heterocycles. The van der Waals surface area contributed by atoms with E-state index in [0.29, 0.717) is 11.2 Å². The van der Waals surface area contributed by atoms with E-state index in [1.54, 1.807) is 17.8 Å². The fourth-order valence-corrected chi connectivity index (χ4v) is 2.43. The molecule has 2 aromatic heterocycles. The summed E-state index contributed by atoms with van der Waals surface area (Å²) >= 11 is 0. The van der Waals surface area contributed by atoms with Crippen LogP contribution < -0.4 is 11.1 Å². The zero-order chi connectivity index (χ0) is 17.4. The number of amides is 2. The van der Waals surface area contributed by atoms with Crippen molar-refractivity contribution in [3.05, 3.63) is 53.1 Å². The molecule has 8 heteroatoms. The first kappa shape index (κ1) is 15.6. The SMILES string of the molecule is Cc1nn(C)c2ncc(C(=O)Nc3ccc(F)c(C(N)=O)c3)cc12. The summed E-state index contributed by atoms with van der Waals surface area (Å²) in [6.07, 6.45) is 1.43. The molecule has 0 spiro atoms. The Morgan fingerprint density at radius 1 is 1.29 bits per heavy atom. The molecular formula is C16H14FN5O2. The predicted octanol–water partition coefficient (Wildman–Crippen LogP) is 1.77. The second kappa shape index (κ2) is 5.73. The Labute approximate surface area is 136 Å². The van der Waals surface area contributed by atoms with Gasteiger partial charge in [0.25, 0.3) is 11.8 Å². The maximum absolute atomic E-state index is 13.5. The Morgan fingerprint density at radius 2 is 2.04 bits per heavy atom. The molecule has 3 rings (SSSR count). The summed E-state index contributed by atoms with van der Waals surface area (Å²) < 4.78 is 15.1. The van der Waals surface area contributed by atoms with E-state index in [2.05, 4.69) is 15.4 Å². The molecule has 2 amide bonds. The fourth-order valence-electron chi connectivity index (χ4n) is 2.43. The number of benzene rings is 1. The highest BCUT2D eigenvalue weighted by Gasteiger charge is 2.14. The molecule has 1 aromatic carbocycles. The minimum absolute atomic E-state index is 0.262. The summed E-state index contributed by atoms with van der Waals surface area (Å²) in [5.74, 6) is -2.08. The quantitative estimate of drug-likeness (QED) is 0.765. The Bertz CT molecular complexity index is 980. The normalized spacial score (nSPS) is 10.8. The number of nitrogens with zero attached hydrogens (tertiary/aromatic N) is 3. The van der Waals surface area contributed by atoms with Crippen LogP contribution in [0.2, 0.25) is 0 Å². The molecule has 24 heavy (non-hydrogen) atoms. The monoisotopic (exact) mass is 327 g/mol. The topological polar surface area (TPSA) is 103 Å². The van der Waals surface area contributed by atoms with Crippen molar-refractivity contribution in [1.82, 2.24) is 14.8 Å². The molecule has 122 valence electrons. The van der Waals surface area contributed by atoms with Gasteiger partial charge in [-0.1, -0.05) is 0 Å². The van der Waals surface area contributed by atoms with Crippen molar-refractivity contribution >= 4 is 28.5 Å². The number of anilines is 1. The third-order valence-corrected chi connectivity index (χ3v) is 3.61. The molecule has 0 saturated heterocycles. The van der Waals surface area contributed by atoms with Gasteiger partial charge in [-0.2, -0.15) is 5.10 Å². The average Bonchev–Trinajstić information content (AvgIpc) is 2.83. The number of aromatic nitrogens is 3. The van der Waals surface area contributed by atoms with E-state index in [1.165, 1.54) is 18.3 Å². The molecular weight excluding hydrogens is 313 g/mol. The number of carbonyl (C=O) groups excluding carboxylic acids is 2. The van der Waals surface area contributed by atoms with Crippen LogP contribution in [0, 0.1) is 12.7 Å². The molecule has 0 saturated carbocycles. The van der Waals surface area contributed by atoms with E-state index in [9.17, 15) is 14.0 Å². The minimum atomic E-state index is -0.905. The van der Waals surface area contributed by atoms with Gasteiger partial charge in [0.05, 0.1) is 16.8 Å². The van der Waals surface area contributed by atoms with E-state index in [-0.39, 0.29) is 11.3 Å². The first-order valence-electron chi connectivity index (χ1n) is 7.07. The van der Waals surface area contributed by atoms with Crippen molar-refractivity contribution in [1.29, 1.82) is 0 Å². The number of fused-ring (bicyclic) bond motifs is 1. The lowest BCUT2D eigenvalue weighted by Crippen LogP contribution is -2.16. The summed E-state index contributed by atoms with van der Waals surface area (Å²) in [6, 6.07) is 5.29. The number of primary amides is 1. The zero-order valence-electron chi connectivity index (χ0n) is 13.0. The van der Waals surface area contributed by atoms with Crippen LogP contribution in [0.15, 0.2) is 30.5 Å². The predicted molar refractivity (Wildman–Crippen MR) is 86.1 cm³/mol. The van der Waals surface area contributed by atoms with Crippen molar-refractivity contribution < 1.29 is 14.0 Å². The van der Waals surface area contributed by atoms with Gasteiger partial charge < -0.3 is 11.1 Å². The Balaban J connectivity index is 1.91. The number of nitrogens with two attached hydrogens (primary N) is 1. The average molecular weight is 327 g/mol. The minimum Gasteiger partial charge on any atom is -0.366 e. The number of carbonyl (C=O) groups is 2. The third-order valence-electron chi connectivity index (χ3n) is 3.61. The molecule has 0 aliphatic rings. The molecule has 3 N–H and O–H groups in total. The lowest BCUT2D eigenvalue weighted by atomic mass is 10.1. The van der Waals surface area contributed by atoms with E-state index >= 15 is 0 Å². The van der Waals surface area contributed by atoms with Crippen LogP contribution in [0.25, 0.3) is 11.0 Å². The maximum atomic E-state index is 13.5. The Morgan fingerprint density at radius 3 is 2.75 bits per heavy atom. The molecule has 0 atom stereocenters. The second-order valence-electron chi connectivity index (χ2n) is 5.32. The van der Waals surface area contributed by atoms with E-state index in [4.69, 9.17) is 5.73 Å². The number of nitrogens with one attached hydrogen (secondary N) is 1. The summed E-state index contributed by atoms with van der Waals surface area (Å²) in [5, 5.41) is 7.60. The van der Waals surface area contributed by atoms with Gasteiger partial charge >= 0.3 is 0 Å². The van der Waals surface area contributed by atoms with E-state index < -0.39 is 17.6 Å². The molecule has 0 fully saturated rings. The standard InChI is InChI=1S/C16H14FN5O2/c1-8-11-5-9(7-19-15(11)22(2)21-8)16(24)20-10-3-4-13(17)12(6-10)14(18)23/h3-7H,1-2H3,(H2,18,23)(H,20,24). The smallest absolute Gasteiger partial charge is 0.257 e. The maximum Gasteiger partial charge on any atom is 0.257 e. The number of pyridine rings is 1. The van der Waals surface area contributed by atoms with Gasteiger partial charge in [-0.25, -0.2) is 9.37 Å². The van der Waals surface area contributed by atoms with Crippen LogP contribution >= 0.6 is 0 Å². The van der Waals surface area contributed by atoms with Gasteiger partial charge in [-0.3, -0.25) is 14.3 Å². The summed E-state index contributed by atoms with van der Waals surface area (Å²) in [7, 11) is 1.77. The van der Waals surface area contributed by atoms with Crippen LogP contribution in [0.1, 0.15) is 26.4 Å². The Hall–Kier alpha value is -3.29. The van der Waals surface area contributed by atoms with Crippen LogP contribution in [0.3, 0.4) is 0 Å². The van der Waals surface area contributed by atoms with Crippen LogP contribution in [0.4, 0.5) is 10.1 Å². The van der Waals surface area contributed by atoms with Crippen molar-refractivity contribution in [3.63, 3.8) is 0 Å². The molecule has 0 aliphatic carbocycles. The summed E-state index contributed by atoms with van der Waals surface area (Å²) in [5.41, 5.74) is 6.82. The summed E-state index contributed by atoms with van der Waals surface area (Å²) in [4.78, 5) is 27.7. The molecule has 7 nitrogen and oxygen atoms in total. The van der Waals surface area contributed by atoms with E-state index in [1.807, 2.05) is 6.92 Å². The summed E-state index contributed by atoms with van der Waals surface area (Å²) in [6.45, 7) is 1.82. The van der Waals surface area contributed by atoms with Crippen LogP contribution in [0.5, 0.6) is 0 Å². The first-order chi connectivity index (χ1) is 11.4. The van der Waals surface area contributed by atoms with Gasteiger partial charge in [0.2, 0.25) is 0 Å². The number of rotatable bonds is 3. The fraction of sp³-hybridized carbons (Fsp3) is 0.125. The molecule has 0 bridgehead atoms. The van der Waals surface area contributed by atoms with Crippen LogP contribution in [-0.4, -0.2) is 26.6 Å². The molecule has 0 radical (unpaired) electrons. The highest BCUT2D eigenvalue weighted by atomic mass is 19.1. The van der Waals surface area contributed by atoms with Gasteiger partial charge in [-0.15, -0.1) is 0 Å². The number of halogens is 1. The van der Waals surface area contributed by atoms with Gasteiger partial charge in [0, 0.05) is 24.3 Å². The highest BCUT2D eigenvalue weighted by Crippen LogP contribution is 2.19. The lowest BCUT2D eigenvalue weighted by molar-refractivity contribution is 0.0992. The van der Waals surface area contributed by atoms with Crippen molar-refractivity contribution in [2.24, 2.45) is 12.8 Å². The van der Waals surface area contributed by atoms with E-state index in [0.717, 1.165) is 17.1 Å². The van der Waals surface area contributed by atoms with Gasteiger partial charge in [0.15, 0.2) is 5.65 Å². The van der Waals surface area contributed by atoms with Crippen LogP contribution in [-0.2, 0) is 7.05 Å². The first-order valence-corrected chi connectivity index (χ1v) is 7.07. The third kappa shape index (κ3) is 2.69. The van der Waals surface area contributed by atoms with Crippen molar-refractivity contribution in [2.45, 2.75) is 6.92 Å². The molecule has 3 aromatic rings. The number of hydrogen-bond acceptors (Lipinski definition) is 4. The number of aryl methyl sites for hydroxylation is 2. The zero-order valence-corrected chi connectivity index (χ0v) is 13.0. The van der Waals surface area contributed by atoms with Crippen molar-refractivity contribution in [2.75, 3.05) is 5.32 Å². The largest absolute Gasteiger partial charge is 0.366 e. The van der Waals surface area contributed by atoms with Crippen molar-refractivity contribution in [3.8, 4) is 0 Å². The highest BCUT2D eigenvalue weighted by molar-refractivity contribution is 6.06. The molecule has 2 heterocycles. The lowest BCUT2D eigenvalue weighted by Gasteiger charge is -2.07. The van der Waals surface area contributed by atoms with Gasteiger partial charge in [-0.05, 0) is 31.2 Å². The second-order valence-corrected chi connectivity index (χ2v) is 5.32. The number of hydrogen-bond donors (Lipinski definition) is 2.